The fraction of sp³-hybridized carbons (Fsp3) is 0.409. The summed E-state index contributed by atoms with van der Waals surface area (Å²) in [4.78, 5) is 7.05. The van der Waals surface area contributed by atoms with Gasteiger partial charge in [-0.2, -0.15) is 0 Å². The Labute approximate surface area is 153 Å². The molecule has 1 saturated carbocycles. The summed E-state index contributed by atoms with van der Waals surface area (Å²) in [6.45, 7) is 4.29. The van der Waals surface area contributed by atoms with Crippen LogP contribution in [-0.4, -0.2) is 29.0 Å². The first-order valence-electron chi connectivity index (χ1n) is 9.65. The first kappa shape index (κ1) is 15.9. The van der Waals surface area contributed by atoms with Gasteiger partial charge in [-0.25, -0.2) is 4.98 Å². The van der Waals surface area contributed by atoms with E-state index < -0.39 is 0 Å². The molecule has 4 heteroatoms. The lowest BCUT2D eigenvalue weighted by Gasteiger charge is -2.36. The topological polar surface area (TPSA) is 38.5 Å². The maximum Gasteiger partial charge on any atom is 0.263 e. The second-order valence-electron chi connectivity index (χ2n) is 7.54. The molecule has 0 unspecified atom stereocenters. The number of benzene rings is 1. The van der Waals surface area contributed by atoms with Crippen molar-refractivity contribution in [3.8, 4) is 11.6 Å². The molecule has 0 spiro atoms. The monoisotopic (exact) mass is 348 g/mol. The Hall–Kier alpha value is -2.33. The van der Waals surface area contributed by atoms with Gasteiger partial charge in [-0.1, -0.05) is 12.5 Å². The van der Waals surface area contributed by atoms with Crippen LogP contribution in [0.3, 0.4) is 0 Å². The summed E-state index contributed by atoms with van der Waals surface area (Å²) in [6, 6.07) is 11.3. The second kappa shape index (κ2) is 6.44. The molecule has 0 N–H and O–H groups in total. The third-order valence-corrected chi connectivity index (χ3v) is 5.84. The number of aryl methyl sites for hydroxylation is 1. The van der Waals surface area contributed by atoms with Gasteiger partial charge >= 0.3 is 0 Å². The summed E-state index contributed by atoms with van der Waals surface area (Å²) < 4.78 is 11.9. The molecule has 2 aliphatic rings. The molecule has 0 radical (unpaired) electrons. The van der Waals surface area contributed by atoms with Crippen molar-refractivity contribution in [3.63, 3.8) is 0 Å². The molecular formula is C22H24N2O2. The smallest absolute Gasteiger partial charge is 0.263 e. The number of pyridine rings is 1. The number of hydrogen-bond acceptors (Lipinski definition) is 4. The van der Waals surface area contributed by atoms with E-state index in [9.17, 15) is 0 Å². The van der Waals surface area contributed by atoms with Crippen LogP contribution < -0.4 is 4.74 Å². The van der Waals surface area contributed by atoms with Crippen molar-refractivity contribution in [2.45, 2.75) is 45.1 Å². The zero-order valence-electron chi connectivity index (χ0n) is 15.2. The van der Waals surface area contributed by atoms with Crippen molar-refractivity contribution < 1.29 is 9.15 Å². The Morgan fingerprint density at radius 3 is 2.73 bits per heavy atom. The number of fused-ring (bicyclic) bond motifs is 2. The van der Waals surface area contributed by atoms with E-state index in [4.69, 9.17) is 9.15 Å². The van der Waals surface area contributed by atoms with E-state index in [0.717, 1.165) is 47.9 Å². The van der Waals surface area contributed by atoms with E-state index in [1.807, 2.05) is 19.1 Å². The molecule has 1 fully saturated rings. The Kier molecular flexibility index (Phi) is 3.93. The highest BCUT2D eigenvalue weighted by Crippen LogP contribution is 2.32. The van der Waals surface area contributed by atoms with Crippen LogP contribution in [0.15, 0.2) is 40.9 Å². The van der Waals surface area contributed by atoms with Crippen LogP contribution in [-0.2, 0) is 12.8 Å². The van der Waals surface area contributed by atoms with Crippen molar-refractivity contribution in [2.75, 3.05) is 13.1 Å². The summed E-state index contributed by atoms with van der Waals surface area (Å²) in [6.07, 6.45) is 8.16. The molecule has 3 heterocycles. The van der Waals surface area contributed by atoms with Gasteiger partial charge in [-0.15, -0.1) is 0 Å². The molecule has 2 aromatic heterocycles. The first-order chi connectivity index (χ1) is 12.8. The predicted molar refractivity (Wildman–Crippen MR) is 102 cm³/mol. The van der Waals surface area contributed by atoms with Crippen LogP contribution in [0.5, 0.6) is 11.6 Å². The largest absolute Gasteiger partial charge is 0.456 e. The van der Waals surface area contributed by atoms with E-state index in [0.29, 0.717) is 5.88 Å². The van der Waals surface area contributed by atoms with Gasteiger partial charge in [-0.05, 0) is 68.0 Å². The maximum atomic E-state index is 6.10. The Bertz CT molecular complexity index is 942. The van der Waals surface area contributed by atoms with Gasteiger partial charge in [0.05, 0.1) is 0 Å². The van der Waals surface area contributed by atoms with Crippen molar-refractivity contribution >= 4 is 11.0 Å². The van der Waals surface area contributed by atoms with Crippen molar-refractivity contribution in [1.82, 2.24) is 9.88 Å². The minimum atomic E-state index is 0.542. The fourth-order valence-corrected chi connectivity index (χ4v) is 4.15. The summed E-state index contributed by atoms with van der Waals surface area (Å²) in [5.74, 6) is 2.26. The molecule has 134 valence electrons. The summed E-state index contributed by atoms with van der Waals surface area (Å²) in [5, 5.41) is 1.03. The number of nitrogens with zero attached hydrogens (tertiary/aromatic N) is 2. The third-order valence-electron chi connectivity index (χ3n) is 5.84. The Morgan fingerprint density at radius 1 is 1.08 bits per heavy atom. The average molecular weight is 348 g/mol. The zero-order valence-corrected chi connectivity index (χ0v) is 15.2. The van der Waals surface area contributed by atoms with Crippen molar-refractivity contribution in [2.24, 2.45) is 0 Å². The normalized spacial score (nSPS) is 18.3. The lowest BCUT2D eigenvalue weighted by molar-refractivity contribution is 0.133. The van der Waals surface area contributed by atoms with Crippen LogP contribution in [0, 0.1) is 6.92 Å². The van der Waals surface area contributed by atoms with Gasteiger partial charge in [0, 0.05) is 30.7 Å². The third kappa shape index (κ3) is 2.88. The van der Waals surface area contributed by atoms with Crippen LogP contribution in [0.2, 0.25) is 0 Å². The van der Waals surface area contributed by atoms with Crippen LogP contribution in [0.1, 0.15) is 36.1 Å². The van der Waals surface area contributed by atoms with Gasteiger partial charge in [0.2, 0.25) is 0 Å². The molecule has 5 rings (SSSR count). The van der Waals surface area contributed by atoms with Crippen LogP contribution >= 0.6 is 0 Å². The highest BCUT2D eigenvalue weighted by Gasteiger charge is 2.26. The highest BCUT2D eigenvalue weighted by atomic mass is 16.5. The zero-order chi connectivity index (χ0) is 17.5. The van der Waals surface area contributed by atoms with E-state index in [1.54, 1.807) is 6.20 Å². The van der Waals surface area contributed by atoms with Crippen LogP contribution in [0.4, 0.5) is 0 Å². The van der Waals surface area contributed by atoms with Gasteiger partial charge in [0.15, 0.2) is 5.58 Å². The number of rotatable bonds is 3. The molecule has 3 aromatic rings. The van der Waals surface area contributed by atoms with E-state index in [1.165, 1.54) is 36.9 Å². The lowest BCUT2D eigenvalue weighted by Crippen LogP contribution is -2.41. The van der Waals surface area contributed by atoms with Crippen LogP contribution in [0.25, 0.3) is 11.0 Å². The van der Waals surface area contributed by atoms with E-state index in [2.05, 4.69) is 28.1 Å². The summed E-state index contributed by atoms with van der Waals surface area (Å²) in [5.41, 5.74) is 3.59. The molecule has 1 aliphatic carbocycles. The molecule has 0 atom stereocenters. The lowest BCUT2D eigenvalue weighted by atomic mass is 9.91. The van der Waals surface area contributed by atoms with Gasteiger partial charge in [0.1, 0.15) is 11.5 Å². The van der Waals surface area contributed by atoms with E-state index in [-0.39, 0.29) is 0 Å². The quantitative estimate of drug-likeness (QED) is 0.676. The number of hydrogen-bond donors (Lipinski definition) is 0. The second-order valence-corrected chi connectivity index (χ2v) is 7.54. The minimum absolute atomic E-state index is 0.542. The summed E-state index contributed by atoms with van der Waals surface area (Å²) in [7, 11) is 0. The van der Waals surface area contributed by atoms with Gasteiger partial charge < -0.3 is 9.15 Å². The molecule has 4 nitrogen and oxygen atoms in total. The average Bonchev–Trinajstić information content (AvgIpc) is 2.86. The molecular weight excluding hydrogens is 324 g/mol. The van der Waals surface area contributed by atoms with Crippen molar-refractivity contribution in [3.05, 3.63) is 53.4 Å². The summed E-state index contributed by atoms with van der Waals surface area (Å²) >= 11 is 0. The molecule has 26 heavy (non-hydrogen) atoms. The maximum absolute atomic E-state index is 6.10. The Balaban J connectivity index is 1.39. The molecule has 1 aliphatic heterocycles. The van der Waals surface area contributed by atoms with Crippen molar-refractivity contribution in [1.29, 1.82) is 0 Å². The van der Waals surface area contributed by atoms with E-state index >= 15 is 0 Å². The van der Waals surface area contributed by atoms with Gasteiger partial charge in [-0.3, -0.25) is 4.90 Å². The molecule has 0 saturated heterocycles. The SMILES string of the molecule is Cc1cc2ccnc(Oc3ccc4c(c3)CCN(C3CCC3)CC4)c2o1. The minimum Gasteiger partial charge on any atom is -0.456 e. The standard InChI is InChI=1S/C22H24N2O2/c1-15-13-18-7-10-23-22(21(18)25-15)26-20-6-5-16-8-11-24(19-3-2-4-19)12-9-17(16)14-20/h5-7,10,13-14,19H,2-4,8-9,11-12H2,1H3. The molecule has 1 aromatic carbocycles. The molecule has 0 bridgehead atoms. The fourth-order valence-electron chi connectivity index (χ4n) is 4.15. The number of ether oxygens (including phenoxy) is 1. The predicted octanol–water partition coefficient (Wildman–Crippen LogP) is 4.88. The number of aromatic nitrogens is 1. The van der Waals surface area contributed by atoms with Gasteiger partial charge in [0.25, 0.3) is 5.88 Å². The Morgan fingerprint density at radius 2 is 1.92 bits per heavy atom. The number of furan rings is 1. The first-order valence-corrected chi connectivity index (χ1v) is 9.65. The molecule has 0 amide bonds. The highest BCUT2D eigenvalue weighted by molar-refractivity contribution is 5.82.